The smallest absolute Gasteiger partial charge is 0.133 e. The van der Waals surface area contributed by atoms with E-state index in [1.165, 1.54) is 12.1 Å². The van der Waals surface area contributed by atoms with E-state index in [1.54, 1.807) is 24.3 Å². The van der Waals surface area contributed by atoms with Gasteiger partial charge >= 0.3 is 0 Å². The molecule has 20 heavy (non-hydrogen) atoms. The predicted octanol–water partition coefficient (Wildman–Crippen LogP) is 4.72. The topological polar surface area (TPSA) is 29.5 Å². The van der Waals surface area contributed by atoms with Crippen LogP contribution in [0, 0.1) is 5.82 Å². The van der Waals surface area contributed by atoms with Crippen LogP contribution in [0.2, 0.25) is 5.02 Å². The Balaban J connectivity index is 2.39. The van der Waals surface area contributed by atoms with Gasteiger partial charge in [0.25, 0.3) is 0 Å². The Hall–Kier alpha value is -1.10. The summed E-state index contributed by atoms with van der Waals surface area (Å²) < 4.78 is 19.9. The summed E-state index contributed by atoms with van der Waals surface area (Å²) in [5.41, 5.74) is 0.609. The Morgan fingerprint density at radius 3 is 2.70 bits per heavy atom. The molecule has 0 aliphatic heterocycles. The van der Waals surface area contributed by atoms with Crippen LogP contribution in [0.25, 0.3) is 0 Å². The fourth-order valence-electron chi connectivity index (χ4n) is 1.90. The average molecular weight is 360 g/mol. The largest absolute Gasteiger partial charge is 0.493 e. The van der Waals surface area contributed by atoms with Crippen molar-refractivity contribution in [2.75, 3.05) is 6.61 Å². The minimum Gasteiger partial charge on any atom is -0.493 e. The lowest BCUT2D eigenvalue weighted by atomic mass is 10.0. The Morgan fingerprint density at radius 1 is 1.35 bits per heavy atom. The third-order valence-corrected chi connectivity index (χ3v) is 3.79. The molecule has 0 saturated carbocycles. The van der Waals surface area contributed by atoms with Gasteiger partial charge in [-0.2, -0.15) is 0 Å². The van der Waals surface area contributed by atoms with Crippen molar-refractivity contribution in [3.63, 3.8) is 0 Å². The van der Waals surface area contributed by atoms with E-state index in [2.05, 4.69) is 15.9 Å². The zero-order valence-electron chi connectivity index (χ0n) is 10.7. The van der Waals surface area contributed by atoms with Gasteiger partial charge in [-0.3, -0.25) is 0 Å². The van der Waals surface area contributed by atoms with E-state index in [9.17, 15) is 9.50 Å². The molecular weight excluding hydrogens is 347 g/mol. The molecule has 1 unspecified atom stereocenters. The van der Waals surface area contributed by atoms with Crippen LogP contribution in [0.4, 0.5) is 4.39 Å². The van der Waals surface area contributed by atoms with Crippen molar-refractivity contribution >= 4 is 27.5 Å². The highest BCUT2D eigenvalue weighted by Gasteiger charge is 2.19. The fraction of sp³-hybridized carbons (Fsp3) is 0.200. The van der Waals surface area contributed by atoms with Gasteiger partial charge in [-0.15, -0.1) is 0 Å². The molecule has 106 valence electrons. The molecule has 2 aromatic carbocycles. The molecule has 0 radical (unpaired) electrons. The maximum absolute atomic E-state index is 13.8. The lowest BCUT2D eigenvalue weighted by molar-refractivity contribution is 0.215. The summed E-state index contributed by atoms with van der Waals surface area (Å²) in [5.74, 6) is 0.137. The first-order valence-electron chi connectivity index (χ1n) is 6.08. The van der Waals surface area contributed by atoms with Gasteiger partial charge in [0, 0.05) is 10.6 Å². The van der Waals surface area contributed by atoms with Gasteiger partial charge in [-0.25, -0.2) is 4.39 Å². The van der Waals surface area contributed by atoms with Gasteiger partial charge in [0.2, 0.25) is 0 Å². The van der Waals surface area contributed by atoms with Crippen LogP contribution < -0.4 is 4.74 Å². The van der Waals surface area contributed by atoms with E-state index in [1.807, 2.05) is 6.92 Å². The van der Waals surface area contributed by atoms with Gasteiger partial charge in [-0.05, 0) is 52.7 Å². The van der Waals surface area contributed by atoms with E-state index < -0.39 is 11.9 Å². The maximum Gasteiger partial charge on any atom is 0.133 e. The van der Waals surface area contributed by atoms with Gasteiger partial charge in [0.1, 0.15) is 17.7 Å². The third-order valence-electron chi connectivity index (χ3n) is 2.84. The van der Waals surface area contributed by atoms with Crippen molar-refractivity contribution < 1.29 is 14.2 Å². The summed E-state index contributed by atoms with van der Waals surface area (Å²) in [6.45, 7) is 2.42. The predicted molar refractivity (Wildman–Crippen MR) is 80.8 cm³/mol. The number of rotatable bonds is 4. The second kappa shape index (κ2) is 6.57. The standard InChI is InChI=1S/C15H13BrClFO2/c1-2-20-13-7-6-9(8-10(13)16)15(19)14-11(17)4-3-5-12(14)18/h3-8,15,19H,2H2,1H3. The molecule has 0 fully saturated rings. The van der Waals surface area contributed by atoms with Crippen LogP contribution in [-0.2, 0) is 0 Å². The van der Waals surface area contributed by atoms with Crippen LogP contribution in [0.5, 0.6) is 5.75 Å². The SMILES string of the molecule is CCOc1ccc(C(O)c2c(F)cccc2Cl)cc1Br. The number of aliphatic hydroxyl groups is 1. The first-order valence-corrected chi connectivity index (χ1v) is 7.26. The van der Waals surface area contributed by atoms with Crippen molar-refractivity contribution in [3.05, 3.63) is 62.8 Å². The molecule has 1 N–H and O–H groups in total. The Bertz CT molecular complexity index is 599. The molecule has 0 saturated heterocycles. The zero-order valence-corrected chi connectivity index (χ0v) is 13.1. The van der Waals surface area contributed by atoms with E-state index in [0.717, 1.165) is 0 Å². The Labute approximate surface area is 130 Å². The zero-order chi connectivity index (χ0) is 14.7. The molecule has 2 nitrogen and oxygen atoms in total. The van der Waals surface area contributed by atoms with Gasteiger partial charge in [0.05, 0.1) is 11.1 Å². The number of aliphatic hydroxyl groups excluding tert-OH is 1. The molecule has 5 heteroatoms. The van der Waals surface area contributed by atoms with Gasteiger partial charge in [-0.1, -0.05) is 23.7 Å². The third kappa shape index (κ3) is 3.14. The summed E-state index contributed by atoms with van der Waals surface area (Å²) >= 11 is 9.32. The monoisotopic (exact) mass is 358 g/mol. The van der Waals surface area contributed by atoms with Crippen LogP contribution in [-0.4, -0.2) is 11.7 Å². The molecule has 1 atom stereocenters. The molecular formula is C15H13BrClFO2. The Morgan fingerprint density at radius 2 is 2.10 bits per heavy atom. The molecule has 0 amide bonds. The van der Waals surface area contributed by atoms with Crippen molar-refractivity contribution in [1.82, 2.24) is 0 Å². The maximum atomic E-state index is 13.8. The first kappa shape index (κ1) is 15.3. The fourth-order valence-corrected chi connectivity index (χ4v) is 2.68. The van der Waals surface area contributed by atoms with Crippen LogP contribution in [0.15, 0.2) is 40.9 Å². The average Bonchev–Trinajstić information content (AvgIpc) is 2.41. The molecule has 0 aliphatic carbocycles. The summed E-state index contributed by atoms with van der Waals surface area (Å²) in [5, 5.41) is 10.5. The minimum atomic E-state index is -1.13. The minimum absolute atomic E-state index is 0.0743. The van der Waals surface area contributed by atoms with E-state index >= 15 is 0 Å². The summed E-state index contributed by atoms with van der Waals surface area (Å²) in [4.78, 5) is 0. The van der Waals surface area contributed by atoms with Crippen molar-refractivity contribution in [2.45, 2.75) is 13.0 Å². The second-order valence-corrected chi connectivity index (χ2v) is 5.42. The van der Waals surface area contributed by atoms with Crippen molar-refractivity contribution in [3.8, 4) is 5.75 Å². The van der Waals surface area contributed by atoms with Crippen LogP contribution >= 0.6 is 27.5 Å². The van der Waals surface area contributed by atoms with Crippen molar-refractivity contribution in [1.29, 1.82) is 0 Å². The quantitative estimate of drug-likeness (QED) is 0.856. The number of ether oxygens (including phenoxy) is 1. The summed E-state index contributed by atoms with van der Waals surface area (Å²) in [6.07, 6.45) is -1.13. The number of halogens is 3. The van der Waals surface area contributed by atoms with Crippen molar-refractivity contribution in [2.24, 2.45) is 0 Å². The summed E-state index contributed by atoms with van der Waals surface area (Å²) in [7, 11) is 0. The van der Waals surface area contributed by atoms with Crippen LogP contribution in [0.3, 0.4) is 0 Å². The molecule has 0 aliphatic rings. The number of hydrogen-bond donors (Lipinski definition) is 1. The molecule has 0 spiro atoms. The highest BCUT2D eigenvalue weighted by molar-refractivity contribution is 9.10. The number of hydrogen-bond acceptors (Lipinski definition) is 2. The van der Waals surface area contributed by atoms with E-state index in [4.69, 9.17) is 16.3 Å². The van der Waals surface area contributed by atoms with Gasteiger partial charge in [0.15, 0.2) is 0 Å². The highest BCUT2D eigenvalue weighted by atomic mass is 79.9. The molecule has 2 rings (SSSR count). The molecule has 0 heterocycles. The first-order chi connectivity index (χ1) is 9.54. The lowest BCUT2D eigenvalue weighted by Crippen LogP contribution is -2.04. The Kier molecular flexibility index (Phi) is 5.02. The number of benzene rings is 2. The van der Waals surface area contributed by atoms with Gasteiger partial charge < -0.3 is 9.84 Å². The molecule has 2 aromatic rings. The van der Waals surface area contributed by atoms with Crippen LogP contribution in [0.1, 0.15) is 24.2 Å². The molecule has 0 bridgehead atoms. The normalized spacial score (nSPS) is 12.2. The molecule has 0 aromatic heterocycles. The van der Waals surface area contributed by atoms with E-state index in [0.29, 0.717) is 22.4 Å². The highest BCUT2D eigenvalue weighted by Crippen LogP contribution is 2.34. The summed E-state index contributed by atoms with van der Waals surface area (Å²) in [6, 6.07) is 9.42. The van der Waals surface area contributed by atoms with E-state index in [-0.39, 0.29) is 10.6 Å². The second-order valence-electron chi connectivity index (χ2n) is 4.16. The lowest BCUT2D eigenvalue weighted by Gasteiger charge is -2.15.